The topological polar surface area (TPSA) is 24.5 Å². The van der Waals surface area contributed by atoms with Gasteiger partial charge in [-0.05, 0) is 12.1 Å². The van der Waals surface area contributed by atoms with Crippen LogP contribution in [0, 0.1) is 5.92 Å². The lowest BCUT2D eigenvalue weighted by Crippen LogP contribution is -2.59. The van der Waals surface area contributed by atoms with Crippen LogP contribution in [-0.4, -0.2) is 38.9 Å². The minimum absolute atomic E-state index is 0.553. The van der Waals surface area contributed by atoms with Crippen molar-refractivity contribution in [3.63, 3.8) is 0 Å². The Hall–Kier alpha value is -1.06. The van der Waals surface area contributed by atoms with Crippen LogP contribution in [0.5, 0.6) is 0 Å². The molecule has 0 saturated carbocycles. The predicted molar refractivity (Wildman–Crippen MR) is 64.8 cm³/mol. The minimum Gasteiger partial charge on any atom is -0.377 e. The second-order valence-electron chi connectivity index (χ2n) is 4.59. The van der Waals surface area contributed by atoms with E-state index in [1.54, 1.807) is 0 Å². The molecule has 0 aliphatic carbocycles. The van der Waals surface area contributed by atoms with Gasteiger partial charge in [0.15, 0.2) is 0 Å². The molecule has 2 aliphatic heterocycles. The van der Waals surface area contributed by atoms with Crippen molar-refractivity contribution >= 4 is 5.69 Å². The van der Waals surface area contributed by atoms with Gasteiger partial charge < -0.3 is 15.0 Å². The fraction of sp³-hybridized carbons (Fsp3) is 0.538. The SMILES string of the molecule is c1ccc(N2CCOCC2C2CNC2)cc1. The molecule has 1 aromatic carbocycles. The lowest BCUT2D eigenvalue weighted by atomic mass is 9.92. The lowest BCUT2D eigenvalue weighted by molar-refractivity contribution is 0.0646. The van der Waals surface area contributed by atoms with Gasteiger partial charge in [-0.3, -0.25) is 0 Å². The third-order valence-corrected chi connectivity index (χ3v) is 3.61. The van der Waals surface area contributed by atoms with Crippen molar-refractivity contribution in [2.24, 2.45) is 5.92 Å². The first-order valence-electron chi connectivity index (χ1n) is 6.05. The highest BCUT2D eigenvalue weighted by molar-refractivity contribution is 5.47. The number of hydrogen-bond acceptors (Lipinski definition) is 3. The van der Waals surface area contributed by atoms with Crippen LogP contribution >= 0.6 is 0 Å². The van der Waals surface area contributed by atoms with Crippen molar-refractivity contribution in [3.05, 3.63) is 30.3 Å². The Labute approximate surface area is 96.4 Å². The summed E-state index contributed by atoms with van der Waals surface area (Å²) in [6.45, 7) is 5.02. The molecule has 3 nitrogen and oxygen atoms in total. The highest BCUT2D eigenvalue weighted by Crippen LogP contribution is 2.25. The van der Waals surface area contributed by atoms with Crippen molar-refractivity contribution in [2.45, 2.75) is 6.04 Å². The summed E-state index contributed by atoms with van der Waals surface area (Å²) in [5, 5.41) is 3.35. The number of morpholine rings is 1. The fourth-order valence-electron chi connectivity index (χ4n) is 2.54. The van der Waals surface area contributed by atoms with Gasteiger partial charge in [0, 0.05) is 31.2 Å². The van der Waals surface area contributed by atoms with E-state index in [4.69, 9.17) is 4.74 Å². The average Bonchev–Trinajstić information content (AvgIpc) is 2.29. The Balaban J connectivity index is 1.80. The quantitative estimate of drug-likeness (QED) is 0.805. The molecule has 0 bridgehead atoms. The van der Waals surface area contributed by atoms with Gasteiger partial charge in [-0.15, -0.1) is 0 Å². The van der Waals surface area contributed by atoms with Crippen molar-refractivity contribution in [1.29, 1.82) is 0 Å². The molecular formula is C13H18N2O. The van der Waals surface area contributed by atoms with Gasteiger partial charge in [-0.25, -0.2) is 0 Å². The molecule has 16 heavy (non-hydrogen) atoms. The molecule has 86 valence electrons. The number of nitrogens with zero attached hydrogens (tertiary/aromatic N) is 1. The normalized spacial score (nSPS) is 26.5. The van der Waals surface area contributed by atoms with Gasteiger partial charge in [0.1, 0.15) is 0 Å². The molecule has 1 aromatic rings. The zero-order valence-electron chi connectivity index (χ0n) is 9.43. The maximum Gasteiger partial charge on any atom is 0.0674 e. The summed E-state index contributed by atoms with van der Waals surface area (Å²) in [5.41, 5.74) is 1.34. The molecule has 0 aromatic heterocycles. The van der Waals surface area contributed by atoms with Crippen LogP contribution in [0.3, 0.4) is 0 Å². The molecule has 2 fully saturated rings. The molecule has 3 heteroatoms. The van der Waals surface area contributed by atoms with E-state index in [1.165, 1.54) is 5.69 Å². The van der Waals surface area contributed by atoms with Gasteiger partial charge in [-0.2, -0.15) is 0 Å². The van der Waals surface area contributed by atoms with Gasteiger partial charge in [0.05, 0.1) is 19.3 Å². The van der Waals surface area contributed by atoms with Gasteiger partial charge >= 0.3 is 0 Å². The predicted octanol–water partition coefficient (Wildman–Crippen LogP) is 1.11. The Morgan fingerprint density at radius 3 is 2.69 bits per heavy atom. The molecule has 2 heterocycles. The molecule has 1 N–H and O–H groups in total. The summed E-state index contributed by atoms with van der Waals surface area (Å²) in [6.07, 6.45) is 0. The van der Waals surface area contributed by atoms with E-state index in [-0.39, 0.29) is 0 Å². The van der Waals surface area contributed by atoms with Crippen molar-refractivity contribution in [2.75, 3.05) is 37.7 Å². The van der Waals surface area contributed by atoms with Crippen LogP contribution in [0.15, 0.2) is 30.3 Å². The zero-order chi connectivity index (χ0) is 10.8. The van der Waals surface area contributed by atoms with Crippen LogP contribution in [0.1, 0.15) is 0 Å². The van der Waals surface area contributed by atoms with Crippen LogP contribution < -0.4 is 10.2 Å². The molecule has 0 amide bonds. The van der Waals surface area contributed by atoms with E-state index in [0.717, 1.165) is 38.8 Å². The van der Waals surface area contributed by atoms with Crippen LogP contribution in [0.2, 0.25) is 0 Å². The summed E-state index contributed by atoms with van der Waals surface area (Å²) in [4.78, 5) is 2.51. The van der Waals surface area contributed by atoms with E-state index < -0.39 is 0 Å². The highest BCUT2D eigenvalue weighted by atomic mass is 16.5. The maximum absolute atomic E-state index is 5.62. The molecule has 1 atom stereocenters. The number of benzene rings is 1. The van der Waals surface area contributed by atoms with Gasteiger partial charge in [-0.1, -0.05) is 18.2 Å². The molecule has 0 radical (unpaired) electrons. The summed E-state index contributed by atoms with van der Waals surface area (Å²) in [7, 11) is 0. The van der Waals surface area contributed by atoms with Crippen molar-refractivity contribution < 1.29 is 4.74 Å². The summed E-state index contributed by atoms with van der Waals surface area (Å²) < 4.78 is 5.62. The summed E-state index contributed by atoms with van der Waals surface area (Å²) in [5.74, 6) is 0.750. The average molecular weight is 218 g/mol. The minimum atomic E-state index is 0.553. The summed E-state index contributed by atoms with van der Waals surface area (Å²) in [6, 6.07) is 11.2. The third-order valence-electron chi connectivity index (χ3n) is 3.61. The lowest BCUT2D eigenvalue weighted by Gasteiger charge is -2.45. The molecule has 3 rings (SSSR count). The van der Waals surface area contributed by atoms with E-state index >= 15 is 0 Å². The Morgan fingerprint density at radius 1 is 1.19 bits per heavy atom. The number of rotatable bonds is 2. The third kappa shape index (κ3) is 1.81. The van der Waals surface area contributed by atoms with Crippen LogP contribution in [0.25, 0.3) is 0 Å². The van der Waals surface area contributed by atoms with E-state index in [0.29, 0.717) is 6.04 Å². The molecule has 2 saturated heterocycles. The molecule has 1 unspecified atom stereocenters. The van der Waals surface area contributed by atoms with Gasteiger partial charge in [0.2, 0.25) is 0 Å². The monoisotopic (exact) mass is 218 g/mol. The molecule has 2 aliphatic rings. The number of anilines is 1. The first-order chi connectivity index (χ1) is 7.95. The van der Waals surface area contributed by atoms with E-state index in [9.17, 15) is 0 Å². The first-order valence-corrected chi connectivity index (χ1v) is 6.05. The van der Waals surface area contributed by atoms with Gasteiger partial charge in [0.25, 0.3) is 0 Å². The number of nitrogens with one attached hydrogen (secondary N) is 1. The zero-order valence-corrected chi connectivity index (χ0v) is 9.43. The summed E-state index contributed by atoms with van der Waals surface area (Å²) >= 11 is 0. The van der Waals surface area contributed by atoms with Crippen LogP contribution in [-0.2, 0) is 4.74 Å². The second kappa shape index (κ2) is 4.44. The largest absolute Gasteiger partial charge is 0.377 e. The second-order valence-corrected chi connectivity index (χ2v) is 4.59. The van der Waals surface area contributed by atoms with Crippen molar-refractivity contribution in [1.82, 2.24) is 5.32 Å². The van der Waals surface area contributed by atoms with E-state index in [1.807, 2.05) is 0 Å². The number of ether oxygens (including phenoxy) is 1. The van der Waals surface area contributed by atoms with E-state index in [2.05, 4.69) is 40.5 Å². The Bertz CT molecular complexity index is 337. The van der Waals surface area contributed by atoms with Crippen LogP contribution in [0.4, 0.5) is 5.69 Å². The Kier molecular flexibility index (Phi) is 2.80. The maximum atomic E-state index is 5.62. The highest BCUT2D eigenvalue weighted by Gasteiger charge is 2.33. The standard InChI is InChI=1S/C13H18N2O/c1-2-4-12(5-3-1)15-6-7-16-10-13(15)11-8-14-9-11/h1-5,11,13-14H,6-10H2. The fourth-order valence-corrected chi connectivity index (χ4v) is 2.54. The van der Waals surface area contributed by atoms with Crippen molar-refractivity contribution in [3.8, 4) is 0 Å². The first kappa shape index (κ1) is 10.1. The number of hydrogen-bond donors (Lipinski definition) is 1. The number of para-hydroxylation sites is 1. The Morgan fingerprint density at radius 2 is 2.00 bits per heavy atom. The molecule has 0 spiro atoms. The molecular weight excluding hydrogens is 200 g/mol. The smallest absolute Gasteiger partial charge is 0.0674 e.